The van der Waals surface area contributed by atoms with Gasteiger partial charge in [-0.3, -0.25) is 0 Å². The summed E-state index contributed by atoms with van der Waals surface area (Å²) in [6.45, 7) is 3.09. The molecule has 100 valence electrons. The van der Waals surface area contributed by atoms with Crippen LogP contribution in [0.2, 0.25) is 0 Å². The van der Waals surface area contributed by atoms with Crippen molar-refractivity contribution < 1.29 is 0 Å². The minimum absolute atomic E-state index is 0.521. The van der Waals surface area contributed by atoms with Crippen LogP contribution in [0.25, 0.3) is 0 Å². The number of fused-ring (bicyclic) bond motifs is 1. The molecule has 1 aromatic heterocycles. The van der Waals surface area contributed by atoms with Gasteiger partial charge in [-0.15, -0.1) is 11.3 Å². The lowest BCUT2D eigenvalue weighted by Gasteiger charge is -2.23. The molecular formula is C16H18BrNS. The molecule has 1 heterocycles. The van der Waals surface area contributed by atoms with Crippen molar-refractivity contribution in [2.45, 2.75) is 38.8 Å². The summed E-state index contributed by atoms with van der Waals surface area (Å²) in [4.78, 5) is 1.56. The molecule has 2 aromatic rings. The van der Waals surface area contributed by atoms with Crippen LogP contribution in [-0.2, 0) is 13.0 Å². The lowest BCUT2D eigenvalue weighted by molar-refractivity contribution is 0.463. The number of benzene rings is 1. The average Bonchev–Trinajstić information content (AvgIpc) is 2.79. The predicted octanol–water partition coefficient (Wildman–Crippen LogP) is 4.99. The zero-order chi connectivity index (χ0) is 13.2. The molecule has 3 heteroatoms. The second-order valence-corrected chi connectivity index (χ2v) is 7.76. The Bertz CT molecular complexity index is 559. The average molecular weight is 336 g/mol. The van der Waals surface area contributed by atoms with Crippen molar-refractivity contribution in [1.29, 1.82) is 0 Å². The molecule has 0 bridgehead atoms. The Labute approximate surface area is 127 Å². The van der Waals surface area contributed by atoms with E-state index in [1.807, 2.05) is 11.3 Å². The molecular weight excluding hydrogens is 318 g/mol. The van der Waals surface area contributed by atoms with Crippen LogP contribution in [0.4, 0.5) is 0 Å². The molecule has 0 radical (unpaired) electrons. The van der Waals surface area contributed by atoms with E-state index in [1.54, 1.807) is 4.88 Å². The molecule has 0 fully saturated rings. The lowest BCUT2D eigenvalue weighted by atomic mass is 9.94. The maximum Gasteiger partial charge on any atom is 0.0704 e. The second-order valence-electron chi connectivity index (χ2n) is 5.24. The van der Waals surface area contributed by atoms with E-state index in [1.165, 1.54) is 39.7 Å². The van der Waals surface area contributed by atoms with Gasteiger partial charge in [0.25, 0.3) is 0 Å². The van der Waals surface area contributed by atoms with Crippen molar-refractivity contribution in [3.05, 3.63) is 55.7 Å². The Morgan fingerprint density at radius 2 is 2.11 bits per heavy atom. The van der Waals surface area contributed by atoms with Crippen LogP contribution in [-0.4, -0.2) is 0 Å². The van der Waals surface area contributed by atoms with Gasteiger partial charge in [-0.25, -0.2) is 0 Å². The summed E-state index contributed by atoms with van der Waals surface area (Å²) in [7, 11) is 0. The van der Waals surface area contributed by atoms with Crippen molar-refractivity contribution in [1.82, 2.24) is 5.32 Å². The fraction of sp³-hybridized carbons (Fsp3) is 0.375. The highest BCUT2D eigenvalue weighted by molar-refractivity contribution is 9.11. The standard InChI is InChI=1S/C16H18BrNS/c1-11-5-7-12(8-6-11)10-18-14-3-2-4-15-13(14)9-16(17)19-15/h5-9,14,18H,2-4,10H2,1H3. The van der Waals surface area contributed by atoms with E-state index in [-0.39, 0.29) is 0 Å². The monoisotopic (exact) mass is 335 g/mol. The highest BCUT2D eigenvalue weighted by Gasteiger charge is 2.21. The molecule has 0 saturated heterocycles. The third-order valence-corrected chi connectivity index (χ3v) is 5.47. The van der Waals surface area contributed by atoms with Crippen LogP contribution in [0.3, 0.4) is 0 Å². The molecule has 0 amide bonds. The molecule has 1 aliphatic carbocycles. The highest BCUT2D eigenvalue weighted by atomic mass is 79.9. The number of aryl methyl sites for hydroxylation is 2. The molecule has 1 nitrogen and oxygen atoms in total. The smallest absolute Gasteiger partial charge is 0.0704 e. The Morgan fingerprint density at radius 3 is 2.89 bits per heavy atom. The quantitative estimate of drug-likeness (QED) is 0.833. The largest absolute Gasteiger partial charge is 0.306 e. The van der Waals surface area contributed by atoms with E-state index in [4.69, 9.17) is 0 Å². The fourth-order valence-electron chi connectivity index (χ4n) is 2.68. The van der Waals surface area contributed by atoms with Crippen LogP contribution in [0.1, 0.15) is 40.5 Å². The first-order chi connectivity index (χ1) is 9.22. The van der Waals surface area contributed by atoms with Gasteiger partial charge < -0.3 is 5.32 Å². The Morgan fingerprint density at radius 1 is 1.32 bits per heavy atom. The van der Waals surface area contributed by atoms with Gasteiger partial charge in [-0.05, 0) is 59.3 Å². The van der Waals surface area contributed by atoms with Gasteiger partial charge in [0.1, 0.15) is 0 Å². The van der Waals surface area contributed by atoms with Crippen LogP contribution in [0.5, 0.6) is 0 Å². The number of thiophene rings is 1. The topological polar surface area (TPSA) is 12.0 Å². The molecule has 0 saturated carbocycles. The number of rotatable bonds is 3. The summed E-state index contributed by atoms with van der Waals surface area (Å²) in [5.74, 6) is 0. The third kappa shape index (κ3) is 3.10. The van der Waals surface area contributed by atoms with Crippen molar-refractivity contribution in [2.75, 3.05) is 0 Å². The maximum atomic E-state index is 3.71. The van der Waals surface area contributed by atoms with Gasteiger partial charge in [0.05, 0.1) is 3.79 Å². The normalized spacial score (nSPS) is 18.3. The molecule has 3 rings (SSSR count). The molecule has 0 spiro atoms. The molecule has 1 aromatic carbocycles. The molecule has 19 heavy (non-hydrogen) atoms. The Hall–Kier alpha value is -0.640. The van der Waals surface area contributed by atoms with Crippen molar-refractivity contribution >= 4 is 27.3 Å². The Balaban J connectivity index is 1.69. The number of hydrogen-bond acceptors (Lipinski definition) is 2. The zero-order valence-corrected chi connectivity index (χ0v) is 13.5. The van der Waals surface area contributed by atoms with E-state index in [0.29, 0.717) is 6.04 Å². The first kappa shape index (κ1) is 13.3. The highest BCUT2D eigenvalue weighted by Crippen LogP contribution is 2.38. The van der Waals surface area contributed by atoms with Crippen LogP contribution in [0, 0.1) is 6.92 Å². The maximum absolute atomic E-state index is 3.71. The molecule has 0 aliphatic heterocycles. The van der Waals surface area contributed by atoms with Crippen LogP contribution < -0.4 is 5.32 Å². The number of nitrogens with one attached hydrogen (secondary N) is 1. The number of halogens is 1. The summed E-state index contributed by atoms with van der Waals surface area (Å²) in [5.41, 5.74) is 4.20. The van der Waals surface area contributed by atoms with Crippen LogP contribution in [0.15, 0.2) is 34.1 Å². The summed E-state index contributed by atoms with van der Waals surface area (Å²) in [6, 6.07) is 11.6. The van der Waals surface area contributed by atoms with Gasteiger partial charge in [-0.2, -0.15) is 0 Å². The summed E-state index contributed by atoms with van der Waals surface area (Å²) >= 11 is 5.51. The zero-order valence-electron chi connectivity index (χ0n) is 11.1. The van der Waals surface area contributed by atoms with Gasteiger partial charge in [0, 0.05) is 17.5 Å². The van der Waals surface area contributed by atoms with Crippen LogP contribution >= 0.6 is 27.3 Å². The van der Waals surface area contributed by atoms with Gasteiger partial charge in [0.15, 0.2) is 0 Å². The SMILES string of the molecule is Cc1ccc(CNC2CCCc3sc(Br)cc32)cc1. The molecule has 1 aliphatic rings. The van der Waals surface area contributed by atoms with E-state index in [2.05, 4.69) is 58.5 Å². The molecule has 1 unspecified atom stereocenters. The summed E-state index contributed by atoms with van der Waals surface area (Å²) in [6.07, 6.45) is 3.79. The van der Waals surface area contributed by atoms with E-state index in [9.17, 15) is 0 Å². The first-order valence-electron chi connectivity index (χ1n) is 6.79. The van der Waals surface area contributed by atoms with Gasteiger partial charge in [0.2, 0.25) is 0 Å². The minimum Gasteiger partial charge on any atom is -0.306 e. The second kappa shape index (κ2) is 5.78. The van der Waals surface area contributed by atoms with Crippen molar-refractivity contribution in [2.24, 2.45) is 0 Å². The van der Waals surface area contributed by atoms with E-state index in [0.717, 1.165) is 6.54 Å². The number of hydrogen-bond donors (Lipinski definition) is 1. The lowest BCUT2D eigenvalue weighted by Crippen LogP contribution is -2.23. The van der Waals surface area contributed by atoms with Gasteiger partial charge >= 0.3 is 0 Å². The van der Waals surface area contributed by atoms with E-state index >= 15 is 0 Å². The molecule has 1 N–H and O–H groups in total. The first-order valence-corrected chi connectivity index (χ1v) is 8.40. The minimum atomic E-state index is 0.521. The van der Waals surface area contributed by atoms with Gasteiger partial charge in [-0.1, -0.05) is 29.8 Å². The summed E-state index contributed by atoms with van der Waals surface area (Å²) < 4.78 is 1.27. The third-order valence-electron chi connectivity index (χ3n) is 3.76. The predicted molar refractivity (Wildman–Crippen MR) is 85.7 cm³/mol. The van der Waals surface area contributed by atoms with Crippen molar-refractivity contribution in [3.8, 4) is 0 Å². The van der Waals surface area contributed by atoms with Crippen molar-refractivity contribution in [3.63, 3.8) is 0 Å². The molecule has 1 atom stereocenters. The summed E-state index contributed by atoms with van der Waals surface area (Å²) in [5, 5.41) is 3.71. The van der Waals surface area contributed by atoms with E-state index < -0.39 is 0 Å². The Kier molecular flexibility index (Phi) is 4.06. The fourth-order valence-corrected chi connectivity index (χ4v) is 4.50.